The summed E-state index contributed by atoms with van der Waals surface area (Å²) < 4.78 is 0. The fourth-order valence-electron chi connectivity index (χ4n) is 3.19. The molecule has 0 saturated carbocycles. The van der Waals surface area contributed by atoms with Gasteiger partial charge in [-0.1, -0.05) is 29.8 Å². The molecule has 3 N–H and O–H groups in total. The molecule has 2 aromatic rings. The molecule has 3 amide bonds. The molecule has 1 fully saturated rings. The van der Waals surface area contributed by atoms with Crippen molar-refractivity contribution in [1.82, 2.24) is 10.2 Å². The Labute approximate surface area is 174 Å². The Morgan fingerprint density at radius 2 is 1.59 bits per heavy atom. The summed E-state index contributed by atoms with van der Waals surface area (Å²) in [7, 11) is 0. The molecule has 8 heteroatoms. The quantitative estimate of drug-likeness (QED) is 0.619. The second-order valence-electron chi connectivity index (χ2n) is 6.88. The number of nitrogens with zero attached hydrogens (tertiary/aromatic N) is 1. The lowest BCUT2D eigenvalue weighted by Crippen LogP contribution is -3.15. The van der Waals surface area contributed by atoms with E-state index < -0.39 is 11.8 Å². The maximum Gasteiger partial charge on any atom is 0.313 e. The van der Waals surface area contributed by atoms with E-state index in [4.69, 9.17) is 11.6 Å². The van der Waals surface area contributed by atoms with Crippen LogP contribution in [0.2, 0.25) is 5.02 Å². The van der Waals surface area contributed by atoms with E-state index in [1.807, 2.05) is 11.0 Å². The van der Waals surface area contributed by atoms with Crippen LogP contribution in [-0.2, 0) is 9.59 Å². The minimum absolute atomic E-state index is 0.00611. The third kappa shape index (κ3) is 6.04. The van der Waals surface area contributed by atoms with Gasteiger partial charge in [-0.25, -0.2) is 0 Å². The third-order valence-corrected chi connectivity index (χ3v) is 5.10. The standard InChI is InChI=1S/C21H23ClN4O3/c22-17-8-6-16(7-9-17)21(29)26-14-12-25(13-15-26)11-10-23-19(27)20(28)24-18-4-2-1-3-5-18/h1-9H,10-15H2,(H,23,27)(H,24,28)/p+1. The first-order chi connectivity index (χ1) is 14.0. The van der Waals surface area contributed by atoms with Gasteiger partial charge >= 0.3 is 11.8 Å². The summed E-state index contributed by atoms with van der Waals surface area (Å²) in [6.07, 6.45) is 0. The zero-order chi connectivity index (χ0) is 20.6. The second kappa shape index (κ2) is 10.0. The van der Waals surface area contributed by atoms with Gasteiger partial charge in [0.25, 0.3) is 5.91 Å². The third-order valence-electron chi connectivity index (χ3n) is 4.85. The van der Waals surface area contributed by atoms with Crippen molar-refractivity contribution in [3.63, 3.8) is 0 Å². The van der Waals surface area contributed by atoms with Crippen LogP contribution in [-0.4, -0.2) is 61.9 Å². The molecule has 1 aliphatic rings. The zero-order valence-electron chi connectivity index (χ0n) is 16.0. The van der Waals surface area contributed by atoms with Crippen LogP contribution in [0.15, 0.2) is 54.6 Å². The van der Waals surface area contributed by atoms with Gasteiger partial charge in [0.1, 0.15) is 0 Å². The van der Waals surface area contributed by atoms with Gasteiger partial charge in [0.15, 0.2) is 0 Å². The van der Waals surface area contributed by atoms with Crippen LogP contribution in [0.5, 0.6) is 0 Å². The van der Waals surface area contributed by atoms with Crippen molar-refractivity contribution in [2.24, 2.45) is 0 Å². The normalized spacial score (nSPS) is 14.3. The smallest absolute Gasteiger partial charge is 0.313 e. The molecule has 1 heterocycles. The molecule has 7 nitrogen and oxygen atoms in total. The number of piperazine rings is 1. The molecule has 3 rings (SSSR count). The molecular formula is C21H24ClN4O3+. The van der Waals surface area contributed by atoms with E-state index in [1.54, 1.807) is 48.5 Å². The Morgan fingerprint density at radius 3 is 2.24 bits per heavy atom. The number of nitrogens with one attached hydrogen (secondary N) is 3. The van der Waals surface area contributed by atoms with E-state index in [0.717, 1.165) is 13.1 Å². The average molecular weight is 416 g/mol. The number of quaternary nitrogens is 1. The van der Waals surface area contributed by atoms with Crippen LogP contribution in [0.3, 0.4) is 0 Å². The summed E-state index contributed by atoms with van der Waals surface area (Å²) in [4.78, 5) is 39.4. The lowest BCUT2D eigenvalue weighted by Gasteiger charge is -2.32. The number of anilines is 1. The second-order valence-corrected chi connectivity index (χ2v) is 7.31. The first-order valence-corrected chi connectivity index (χ1v) is 9.93. The number of para-hydroxylation sites is 1. The van der Waals surface area contributed by atoms with Gasteiger partial charge in [-0.2, -0.15) is 0 Å². The van der Waals surface area contributed by atoms with Crippen molar-refractivity contribution in [1.29, 1.82) is 0 Å². The number of carbonyl (C=O) groups is 3. The molecule has 152 valence electrons. The van der Waals surface area contributed by atoms with Gasteiger partial charge in [-0.05, 0) is 36.4 Å². The van der Waals surface area contributed by atoms with Gasteiger partial charge in [-0.15, -0.1) is 0 Å². The Balaban J connectivity index is 1.36. The molecular weight excluding hydrogens is 392 g/mol. The van der Waals surface area contributed by atoms with Crippen LogP contribution in [0.1, 0.15) is 10.4 Å². The Kier molecular flexibility index (Phi) is 7.21. The van der Waals surface area contributed by atoms with Crippen LogP contribution in [0, 0.1) is 0 Å². The van der Waals surface area contributed by atoms with Gasteiger partial charge < -0.3 is 20.4 Å². The molecule has 0 atom stereocenters. The highest BCUT2D eigenvalue weighted by molar-refractivity contribution is 6.39. The van der Waals surface area contributed by atoms with Gasteiger partial charge in [-0.3, -0.25) is 14.4 Å². The number of halogens is 1. The van der Waals surface area contributed by atoms with Crippen LogP contribution in [0.25, 0.3) is 0 Å². The van der Waals surface area contributed by atoms with E-state index in [1.165, 1.54) is 4.90 Å². The highest BCUT2D eigenvalue weighted by Crippen LogP contribution is 2.11. The Morgan fingerprint density at radius 1 is 0.931 bits per heavy atom. The minimum Gasteiger partial charge on any atom is -0.342 e. The molecule has 0 radical (unpaired) electrons. The van der Waals surface area contributed by atoms with E-state index in [2.05, 4.69) is 10.6 Å². The van der Waals surface area contributed by atoms with Crippen molar-refractivity contribution in [3.8, 4) is 0 Å². The minimum atomic E-state index is -0.676. The summed E-state index contributed by atoms with van der Waals surface area (Å²) in [6.45, 7) is 4.00. The maximum atomic E-state index is 12.5. The van der Waals surface area contributed by atoms with Crippen molar-refractivity contribution in [2.45, 2.75) is 0 Å². The maximum absolute atomic E-state index is 12.5. The highest BCUT2D eigenvalue weighted by Gasteiger charge is 2.24. The summed E-state index contributed by atoms with van der Waals surface area (Å²) in [5, 5.41) is 5.81. The van der Waals surface area contributed by atoms with Crippen LogP contribution < -0.4 is 15.5 Å². The van der Waals surface area contributed by atoms with Crippen molar-refractivity contribution < 1.29 is 19.3 Å². The largest absolute Gasteiger partial charge is 0.342 e. The predicted octanol–water partition coefficient (Wildman–Crippen LogP) is 0.436. The monoisotopic (exact) mass is 415 g/mol. The van der Waals surface area contributed by atoms with Crippen LogP contribution >= 0.6 is 11.6 Å². The summed E-state index contributed by atoms with van der Waals surface area (Å²) in [5.74, 6) is -1.32. The van der Waals surface area contributed by atoms with Gasteiger partial charge in [0.2, 0.25) is 0 Å². The predicted molar refractivity (Wildman–Crippen MR) is 111 cm³/mol. The lowest BCUT2D eigenvalue weighted by atomic mass is 10.2. The van der Waals surface area contributed by atoms with Crippen LogP contribution in [0.4, 0.5) is 5.69 Å². The first kappa shape index (κ1) is 20.8. The van der Waals surface area contributed by atoms with E-state index in [0.29, 0.717) is 42.5 Å². The number of rotatable bonds is 5. The van der Waals surface area contributed by atoms with E-state index in [-0.39, 0.29) is 5.91 Å². The van der Waals surface area contributed by atoms with Crippen molar-refractivity contribution in [2.75, 3.05) is 44.6 Å². The number of amides is 3. The lowest BCUT2D eigenvalue weighted by molar-refractivity contribution is -0.902. The molecule has 0 spiro atoms. The molecule has 0 bridgehead atoms. The number of benzene rings is 2. The van der Waals surface area contributed by atoms with Crippen molar-refractivity contribution >= 4 is 35.0 Å². The number of hydrogen-bond acceptors (Lipinski definition) is 3. The summed E-state index contributed by atoms with van der Waals surface area (Å²) in [6, 6.07) is 15.8. The summed E-state index contributed by atoms with van der Waals surface area (Å²) in [5.41, 5.74) is 1.22. The number of carbonyl (C=O) groups excluding carboxylic acids is 3. The average Bonchev–Trinajstić information content (AvgIpc) is 2.75. The van der Waals surface area contributed by atoms with E-state index in [9.17, 15) is 14.4 Å². The van der Waals surface area contributed by atoms with Gasteiger partial charge in [0.05, 0.1) is 39.3 Å². The fraction of sp³-hybridized carbons (Fsp3) is 0.286. The fourth-order valence-corrected chi connectivity index (χ4v) is 3.32. The molecule has 1 saturated heterocycles. The Bertz CT molecular complexity index is 850. The SMILES string of the molecule is O=C(NCC[NH+]1CCN(C(=O)c2ccc(Cl)cc2)CC1)C(=O)Nc1ccccc1. The zero-order valence-corrected chi connectivity index (χ0v) is 16.7. The van der Waals surface area contributed by atoms with E-state index >= 15 is 0 Å². The highest BCUT2D eigenvalue weighted by atomic mass is 35.5. The topological polar surface area (TPSA) is 83.0 Å². The number of hydrogen-bond donors (Lipinski definition) is 3. The molecule has 0 unspecified atom stereocenters. The molecule has 0 aliphatic carbocycles. The Hall–Kier alpha value is -2.90. The molecule has 29 heavy (non-hydrogen) atoms. The molecule has 0 aromatic heterocycles. The van der Waals surface area contributed by atoms with Gasteiger partial charge in [0, 0.05) is 16.3 Å². The molecule has 2 aromatic carbocycles. The van der Waals surface area contributed by atoms with Crippen molar-refractivity contribution in [3.05, 3.63) is 65.2 Å². The molecule has 1 aliphatic heterocycles. The first-order valence-electron chi connectivity index (χ1n) is 9.55. The summed E-state index contributed by atoms with van der Waals surface area (Å²) >= 11 is 5.87.